The number of hydrogen-bond acceptors (Lipinski definition) is 1. The van der Waals surface area contributed by atoms with E-state index in [1.807, 2.05) is 0 Å². The smallest absolute Gasteiger partial charge is 0.00217 e. The second kappa shape index (κ2) is 9.21. The van der Waals surface area contributed by atoms with Gasteiger partial charge in [-0.25, -0.2) is 0 Å². The van der Waals surface area contributed by atoms with E-state index >= 15 is 0 Å². The third kappa shape index (κ3) is 11.9. The van der Waals surface area contributed by atoms with Crippen LogP contribution in [-0.2, 0) is 0 Å². The molecule has 0 unspecified atom stereocenters. The minimum absolute atomic E-state index is 0.861. The lowest BCUT2D eigenvalue weighted by Gasteiger charge is -2.17. The van der Waals surface area contributed by atoms with Gasteiger partial charge in [-0.1, -0.05) is 40.5 Å². The fourth-order valence-electron chi connectivity index (χ4n) is 1.82. The van der Waals surface area contributed by atoms with Gasteiger partial charge >= 0.3 is 0 Å². The highest BCUT2D eigenvalue weighted by Crippen LogP contribution is 2.08. The van der Waals surface area contributed by atoms with Gasteiger partial charge in [0.2, 0.25) is 0 Å². The van der Waals surface area contributed by atoms with Gasteiger partial charge in [-0.2, -0.15) is 0 Å². The van der Waals surface area contributed by atoms with Gasteiger partial charge in [-0.15, -0.1) is 0 Å². The zero-order valence-corrected chi connectivity index (χ0v) is 11.6. The fraction of sp³-hybridized carbons (Fsp3) is 1.00. The Bertz CT molecular complexity index is 129. The van der Waals surface area contributed by atoms with Gasteiger partial charge in [0.25, 0.3) is 0 Å². The minimum atomic E-state index is 0.861. The van der Waals surface area contributed by atoms with Gasteiger partial charge in [-0.05, 0) is 51.2 Å². The first-order valence-corrected chi connectivity index (χ1v) is 6.71. The number of hydrogen-bond donors (Lipinski definition) is 0. The predicted molar refractivity (Wildman–Crippen MR) is 70.3 cm³/mol. The molecule has 0 aromatic rings. The van der Waals surface area contributed by atoms with Crippen LogP contribution in [-0.4, -0.2) is 25.0 Å². The Hall–Kier alpha value is -0.0400. The van der Waals surface area contributed by atoms with Gasteiger partial charge in [0.1, 0.15) is 0 Å². The first kappa shape index (κ1) is 15.0. The Kier molecular flexibility index (Phi) is 9.18. The summed E-state index contributed by atoms with van der Waals surface area (Å²) >= 11 is 0. The maximum Gasteiger partial charge on any atom is -0.00217 e. The molecule has 0 bridgehead atoms. The van der Waals surface area contributed by atoms with Crippen molar-refractivity contribution in [2.45, 2.75) is 59.8 Å². The van der Waals surface area contributed by atoms with Crippen molar-refractivity contribution in [1.82, 2.24) is 4.90 Å². The van der Waals surface area contributed by atoms with Gasteiger partial charge < -0.3 is 4.90 Å². The molecule has 1 nitrogen and oxygen atoms in total. The van der Waals surface area contributed by atoms with E-state index in [0.717, 1.165) is 11.8 Å². The normalized spacial score (nSPS) is 12.0. The average Bonchev–Trinajstić information content (AvgIpc) is 2.11. The van der Waals surface area contributed by atoms with Gasteiger partial charge in [-0.3, -0.25) is 0 Å². The molecule has 1 heteroatoms. The Morgan fingerprint density at radius 2 is 1.20 bits per heavy atom. The Balaban J connectivity index is 3.22. The van der Waals surface area contributed by atoms with Crippen LogP contribution in [0.4, 0.5) is 0 Å². The molecular formula is C14H31N. The van der Waals surface area contributed by atoms with E-state index in [1.165, 1.54) is 45.2 Å². The predicted octanol–water partition coefficient (Wildman–Crippen LogP) is 4.18. The fourth-order valence-corrected chi connectivity index (χ4v) is 1.82. The van der Waals surface area contributed by atoms with Crippen LogP contribution in [0.1, 0.15) is 59.8 Å². The third-order valence-corrected chi connectivity index (χ3v) is 2.89. The summed E-state index contributed by atoms with van der Waals surface area (Å²) in [5, 5.41) is 0. The van der Waals surface area contributed by atoms with Crippen molar-refractivity contribution in [1.29, 1.82) is 0 Å². The van der Waals surface area contributed by atoms with E-state index in [9.17, 15) is 0 Å². The lowest BCUT2D eigenvalue weighted by atomic mass is 10.1. The molecule has 0 aromatic carbocycles. The van der Waals surface area contributed by atoms with Crippen molar-refractivity contribution in [3.8, 4) is 0 Å². The molecule has 0 saturated heterocycles. The van der Waals surface area contributed by atoms with Crippen molar-refractivity contribution in [3.63, 3.8) is 0 Å². The van der Waals surface area contributed by atoms with Gasteiger partial charge in [0.15, 0.2) is 0 Å². The molecule has 92 valence electrons. The minimum Gasteiger partial charge on any atom is -0.306 e. The number of unbranched alkanes of at least 4 members (excludes halogenated alkanes) is 1. The van der Waals surface area contributed by atoms with E-state index in [-0.39, 0.29) is 0 Å². The first-order chi connectivity index (χ1) is 7.02. The monoisotopic (exact) mass is 213 g/mol. The molecular weight excluding hydrogens is 182 g/mol. The summed E-state index contributed by atoms with van der Waals surface area (Å²) in [6.45, 7) is 11.8. The molecule has 0 saturated carbocycles. The summed E-state index contributed by atoms with van der Waals surface area (Å²) in [6.07, 6.45) is 6.89. The summed E-state index contributed by atoms with van der Waals surface area (Å²) < 4.78 is 0. The SMILES string of the molecule is CC(C)CCCCN(C)CCCC(C)C. The van der Waals surface area contributed by atoms with Crippen molar-refractivity contribution >= 4 is 0 Å². The van der Waals surface area contributed by atoms with Crippen LogP contribution in [0.2, 0.25) is 0 Å². The highest BCUT2D eigenvalue weighted by Gasteiger charge is 2.00. The zero-order chi connectivity index (χ0) is 11.7. The molecule has 0 radical (unpaired) electrons. The molecule has 0 fully saturated rings. The number of rotatable bonds is 9. The Morgan fingerprint density at radius 3 is 1.73 bits per heavy atom. The molecule has 0 heterocycles. The van der Waals surface area contributed by atoms with Gasteiger partial charge in [0.05, 0.1) is 0 Å². The molecule has 0 aromatic heterocycles. The van der Waals surface area contributed by atoms with Crippen LogP contribution < -0.4 is 0 Å². The molecule has 0 rings (SSSR count). The Labute approximate surface area is 97.2 Å². The van der Waals surface area contributed by atoms with Crippen molar-refractivity contribution in [2.24, 2.45) is 11.8 Å². The van der Waals surface area contributed by atoms with Crippen molar-refractivity contribution in [3.05, 3.63) is 0 Å². The molecule has 0 aliphatic rings. The van der Waals surface area contributed by atoms with E-state index in [1.54, 1.807) is 0 Å². The zero-order valence-electron chi connectivity index (χ0n) is 11.6. The summed E-state index contributed by atoms with van der Waals surface area (Å²) in [6, 6.07) is 0. The van der Waals surface area contributed by atoms with Crippen LogP contribution in [0, 0.1) is 11.8 Å². The van der Waals surface area contributed by atoms with E-state index < -0.39 is 0 Å². The lowest BCUT2D eigenvalue weighted by Crippen LogP contribution is -2.21. The van der Waals surface area contributed by atoms with Crippen LogP contribution >= 0.6 is 0 Å². The Morgan fingerprint density at radius 1 is 0.733 bits per heavy atom. The van der Waals surface area contributed by atoms with Crippen molar-refractivity contribution < 1.29 is 0 Å². The molecule has 0 aliphatic heterocycles. The highest BCUT2D eigenvalue weighted by atomic mass is 15.1. The second-order valence-electron chi connectivity index (χ2n) is 5.73. The van der Waals surface area contributed by atoms with Gasteiger partial charge in [0, 0.05) is 0 Å². The molecule has 0 atom stereocenters. The molecule has 15 heavy (non-hydrogen) atoms. The standard InChI is InChI=1S/C14H31N/c1-13(2)9-6-7-11-15(5)12-8-10-14(3)4/h13-14H,6-12H2,1-5H3. The van der Waals surface area contributed by atoms with Crippen LogP contribution in [0.15, 0.2) is 0 Å². The summed E-state index contributed by atoms with van der Waals surface area (Å²) in [7, 11) is 2.26. The molecule has 0 N–H and O–H groups in total. The summed E-state index contributed by atoms with van der Waals surface area (Å²) in [5.41, 5.74) is 0. The molecule has 0 aliphatic carbocycles. The maximum absolute atomic E-state index is 2.49. The van der Waals surface area contributed by atoms with Crippen LogP contribution in [0.5, 0.6) is 0 Å². The average molecular weight is 213 g/mol. The van der Waals surface area contributed by atoms with Crippen molar-refractivity contribution in [2.75, 3.05) is 20.1 Å². The quantitative estimate of drug-likeness (QED) is 0.519. The molecule has 0 amide bonds. The van der Waals surface area contributed by atoms with E-state index in [2.05, 4.69) is 39.6 Å². The van der Waals surface area contributed by atoms with Crippen LogP contribution in [0.3, 0.4) is 0 Å². The largest absolute Gasteiger partial charge is 0.306 e. The number of nitrogens with zero attached hydrogens (tertiary/aromatic N) is 1. The topological polar surface area (TPSA) is 3.24 Å². The molecule has 0 spiro atoms. The maximum atomic E-state index is 2.49. The van der Waals surface area contributed by atoms with E-state index in [0.29, 0.717) is 0 Å². The summed E-state index contributed by atoms with van der Waals surface area (Å²) in [4.78, 5) is 2.49. The third-order valence-electron chi connectivity index (χ3n) is 2.89. The van der Waals surface area contributed by atoms with Crippen LogP contribution in [0.25, 0.3) is 0 Å². The highest BCUT2D eigenvalue weighted by molar-refractivity contribution is 4.55. The second-order valence-corrected chi connectivity index (χ2v) is 5.73. The summed E-state index contributed by atoms with van der Waals surface area (Å²) in [5.74, 6) is 1.73. The first-order valence-electron chi connectivity index (χ1n) is 6.71. The lowest BCUT2D eigenvalue weighted by molar-refractivity contribution is 0.307. The van der Waals surface area contributed by atoms with E-state index in [4.69, 9.17) is 0 Å².